The third kappa shape index (κ3) is 4.83. The van der Waals surface area contributed by atoms with E-state index in [-0.39, 0.29) is 12.6 Å². The zero-order valence-corrected chi connectivity index (χ0v) is 17.2. The zero-order valence-electron chi connectivity index (χ0n) is 15.7. The highest BCUT2D eigenvalue weighted by atomic mass is 35.5. The third-order valence-electron chi connectivity index (χ3n) is 4.54. The Morgan fingerprint density at radius 3 is 2.43 bits per heavy atom. The molecular formula is C24H20Cl2O2. The third-order valence-corrected chi connectivity index (χ3v) is 5.28. The average Bonchev–Trinajstić information content (AvgIpc) is 2.70. The minimum atomic E-state index is -0.365. The fourth-order valence-electron chi connectivity index (χ4n) is 2.94. The lowest BCUT2D eigenvalue weighted by Crippen LogP contribution is -2.07. The molecular weight excluding hydrogens is 391 g/mol. The summed E-state index contributed by atoms with van der Waals surface area (Å²) in [6.45, 7) is 3.99. The Morgan fingerprint density at radius 1 is 0.964 bits per heavy atom. The fourth-order valence-corrected chi connectivity index (χ4v) is 3.25. The lowest BCUT2D eigenvalue weighted by atomic mass is 9.97. The van der Waals surface area contributed by atoms with Crippen molar-refractivity contribution < 1.29 is 9.53 Å². The van der Waals surface area contributed by atoms with Gasteiger partial charge in [0, 0.05) is 5.57 Å². The van der Waals surface area contributed by atoms with Gasteiger partial charge in [0.2, 0.25) is 0 Å². The van der Waals surface area contributed by atoms with E-state index < -0.39 is 0 Å². The Hall–Kier alpha value is -2.55. The molecule has 0 aliphatic carbocycles. The van der Waals surface area contributed by atoms with Gasteiger partial charge < -0.3 is 4.74 Å². The van der Waals surface area contributed by atoms with Gasteiger partial charge in [0.15, 0.2) is 0 Å². The maximum Gasteiger partial charge on any atom is 0.334 e. The average molecular weight is 411 g/mol. The number of carbonyl (C=O) groups excluding carboxylic acids is 1. The standard InChI is InChI=1S/C24H20Cl2O2/c1-16(13-18-11-12-22(25)23(26)14-18)24(27)28-15-20-9-6-10-21(17(20)2)19-7-4-3-5-8-19/h3-14H,15H2,1-2H3/b16-13+. The van der Waals surface area contributed by atoms with Gasteiger partial charge in [-0.2, -0.15) is 0 Å². The molecule has 0 amide bonds. The summed E-state index contributed by atoms with van der Waals surface area (Å²) in [6.07, 6.45) is 1.73. The number of ether oxygens (including phenoxy) is 1. The van der Waals surface area contributed by atoms with Crippen molar-refractivity contribution in [1.82, 2.24) is 0 Å². The molecule has 0 saturated heterocycles. The predicted octanol–water partition coefficient (Wildman–Crippen LogP) is 7.12. The van der Waals surface area contributed by atoms with Crippen molar-refractivity contribution in [2.24, 2.45) is 0 Å². The number of halogens is 2. The van der Waals surface area contributed by atoms with Crippen LogP contribution in [0.3, 0.4) is 0 Å². The molecule has 3 rings (SSSR count). The van der Waals surface area contributed by atoms with Crippen LogP contribution in [0.15, 0.2) is 72.3 Å². The molecule has 0 bridgehead atoms. The van der Waals surface area contributed by atoms with Gasteiger partial charge in [0.1, 0.15) is 6.61 Å². The number of hydrogen-bond acceptors (Lipinski definition) is 2. The smallest absolute Gasteiger partial charge is 0.334 e. The largest absolute Gasteiger partial charge is 0.457 e. The van der Waals surface area contributed by atoms with Crippen molar-refractivity contribution in [1.29, 1.82) is 0 Å². The second kappa shape index (κ2) is 9.09. The molecule has 2 nitrogen and oxygen atoms in total. The monoisotopic (exact) mass is 410 g/mol. The zero-order chi connectivity index (χ0) is 20.1. The molecule has 4 heteroatoms. The van der Waals surface area contributed by atoms with E-state index in [0.717, 1.165) is 27.8 Å². The predicted molar refractivity (Wildman–Crippen MR) is 117 cm³/mol. The maximum atomic E-state index is 12.4. The Labute approximate surface area is 175 Å². The van der Waals surface area contributed by atoms with Gasteiger partial charge in [0.25, 0.3) is 0 Å². The molecule has 0 unspecified atom stereocenters. The summed E-state index contributed by atoms with van der Waals surface area (Å²) in [6, 6.07) is 21.4. The summed E-state index contributed by atoms with van der Waals surface area (Å²) in [4.78, 5) is 12.4. The highest BCUT2D eigenvalue weighted by Crippen LogP contribution is 2.26. The van der Waals surface area contributed by atoms with E-state index >= 15 is 0 Å². The van der Waals surface area contributed by atoms with E-state index in [1.165, 1.54) is 0 Å². The molecule has 0 saturated carbocycles. The van der Waals surface area contributed by atoms with Crippen LogP contribution in [0.5, 0.6) is 0 Å². The Balaban J connectivity index is 1.72. The number of carbonyl (C=O) groups is 1. The van der Waals surface area contributed by atoms with E-state index in [0.29, 0.717) is 15.6 Å². The van der Waals surface area contributed by atoms with Gasteiger partial charge in [0.05, 0.1) is 10.0 Å². The van der Waals surface area contributed by atoms with Gasteiger partial charge in [-0.1, -0.05) is 77.8 Å². The molecule has 0 spiro atoms. The second-order valence-corrected chi connectivity index (χ2v) is 7.35. The normalized spacial score (nSPS) is 11.4. The summed E-state index contributed by atoms with van der Waals surface area (Å²) in [5.74, 6) is -0.365. The van der Waals surface area contributed by atoms with Crippen LogP contribution in [0.25, 0.3) is 17.2 Å². The summed E-state index contributed by atoms with van der Waals surface area (Å²) < 4.78 is 5.52. The van der Waals surface area contributed by atoms with Crippen LogP contribution in [0.1, 0.15) is 23.6 Å². The van der Waals surface area contributed by atoms with Crippen LogP contribution in [0.4, 0.5) is 0 Å². The van der Waals surface area contributed by atoms with Crippen molar-refractivity contribution in [3.05, 3.63) is 99.0 Å². The lowest BCUT2D eigenvalue weighted by Gasteiger charge is -2.12. The van der Waals surface area contributed by atoms with Crippen molar-refractivity contribution in [2.45, 2.75) is 20.5 Å². The van der Waals surface area contributed by atoms with E-state index in [1.807, 2.05) is 37.3 Å². The van der Waals surface area contributed by atoms with Gasteiger partial charge >= 0.3 is 5.97 Å². The van der Waals surface area contributed by atoms with Gasteiger partial charge in [-0.15, -0.1) is 0 Å². The first-order valence-corrected chi connectivity index (χ1v) is 9.65. The summed E-state index contributed by atoms with van der Waals surface area (Å²) in [7, 11) is 0. The van der Waals surface area contributed by atoms with Crippen LogP contribution in [0, 0.1) is 6.92 Å². The minimum Gasteiger partial charge on any atom is -0.457 e. The molecule has 0 radical (unpaired) electrons. The second-order valence-electron chi connectivity index (χ2n) is 6.53. The highest BCUT2D eigenvalue weighted by Gasteiger charge is 2.10. The maximum absolute atomic E-state index is 12.4. The number of esters is 1. The van der Waals surface area contributed by atoms with Crippen LogP contribution in [-0.4, -0.2) is 5.97 Å². The van der Waals surface area contributed by atoms with Gasteiger partial charge in [-0.3, -0.25) is 0 Å². The molecule has 0 aromatic heterocycles. The molecule has 3 aromatic carbocycles. The molecule has 0 fully saturated rings. The Bertz CT molecular complexity index is 1020. The molecule has 0 heterocycles. The van der Waals surface area contributed by atoms with E-state index in [4.69, 9.17) is 27.9 Å². The number of benzene rings is 3. The van der Waals surface area contributed by atoms with Gasteiger partial charge in [-0.05, 0) is 59.9 Å². The lowest BCUT2D eigenvalue weighted by molar-refractivity contribution is -0.140. The Kier molecular flexibility index (Phi) is 6.56. The molecule has 3 aromatic rings. The van der Waals surface area contributed by atoms with E-state index in [9.17, 15) is 4.79 Å². The van der Waals surface area contributed by atoms with E-state index in [2.05, 4.69) is 18.2 Å². The topological polar surface area (TPSA) is 26.3 Å². The van der Waals surface area contributed by atoms with Crippen molar-refractivity contribution in [3.63, 3.8) is 0 Å². The summed E-state index contributed by atoms with van der Waals surface area (Å²) in [5, 5.41) is 0.928. The molecule has 0 atom stereocenters. The van der Waals surface area contributed by atoms with Crippen LogP contribution < -0.4 is 0 Å². The SMILES string of the molecule is C/C(=C\c1ccc(Cl)c(Cl)c1)C(=O)OCc1cccc(-c2ccccc2)c1C. The van der Waals surface area contributed by atoms with E-state index in [1.54, 1.807) is 31.2 Å². The van der Waals surface area contributed by atoms with Crippen molar-refractivity contribution >= 4 is 35.2 Å². The molecule has 28 heavy (non-hydrogen) atoms. The first kappa shape index (κ1) is 20.2. The first-order chi connectivity index (χ1) is 13.5. The highest BCUT2D eigenvalue weighted by molar-refractivity contribution is 6.42. The van der Waals surface area contributed by atoms with Crippen molar-refractivity contribution in [2.75, 3.05) is 0 Å². The van der Waals surface area contributed by atoms with Crippen molar-refractivity contribution in [3.8, 4) is 11.1 Å². The summed E-state index contributed by atoms with van der Waals surface area (Å²) in [5.41, 5.74) is 5.66. The van der Waals surface area contributed by atoms with Crippen LogP contribution in [-0.2, 0) is 16.1 Å². The summed E-state index contributed by atoms with van der Waals surface area (Å²) >= 11 is 11.9. The van der Waals surface area contributed by atoms with Gasteiger partial charge in [-0.25, -0.2) is 4.79 Å². The Morgan fingerprint density at radius 2 is 1.71 bits per heavy atom. The molecule has 142 valence electrons. The van der Waals surface area contributed by atoms with Crippen LogP contribution in [0.2, 0.25) is 10.0 Å². The molecule has 0 N–H and O–H groups in total. The quantitative estimate of drug-likeness (QED) is 0.330. The molecule has 0 aliphatic rings. The minimum absolute atomic E-state index is 0.220. The number of hydrogen-bond donors (Lipinski definition) is 0. The molecule has 0 aliphatic heterocycles. The first-order valence-electron chi connectivity index (χ1n) is 8.90. The number of rotatable bonds is 5. The fraction of sp³-hybridized carbons (Fsp3) is 0.125. The van der Waals surface area contributed by atoms with Crippen LogP contribution >= 0.6 is 23.2 Å².